The van der Waals surface area contributed by atoms with Gasteiger partial charge in [-0.05, 0) is 12.1 Å². The smallest absolute Gasteiger partial charge is 0.339 e. The number of carboxylic acid groups (broad SMARTS) is 1. The van der Waals surface area contributed by atoms with Gasteiger partial charge in [-0.2, -0.15) is 0 Å². The number of anilines is 1. The molecule has 1 aliphatic heterocycles. The first-order valence-corrected chi connectivity index (χ1v) is 6.16. The predicted molar refractivity (Wildman–Crippen MR) is 64.9 cm³/mol. The maximum atomic E-state index is 11.6. The van der Waals surface area contributed by atoms with Crippen LogP contribution in [0.5, 0.6) is 5.75 Å². The quantitative estimate of drug-likeness (QED) is 0.766. The SMILES string of the molecule is O=C(O)c1ccc(N2C(=O)CSCC2=O)cc1O. The molecule has 0 atom stereocenters. The van der Waals surface area contributed by atoms with E-state index < -0.39 is 11.7 Å². The molecule has 0 spiro atoms. The van der Waals surface area contributed by atoms with Gasteiger partial charge in [0.25, 0.3) is 0 Å². The van der Waals surface area contributed by atoms with Gasteiger partial charge >= 0.3 is 5.97 Å². The molecule has 0 unspecified atom stereocenters. The molecule has 6 nitrogen and oxygen atoms in total. The van der Waals surface area contributed by atoms with Gasteiger partial charge in [-0.25, -0.2) is 9.69 Å². The highest BCUT2D eigenvalue weighted by molar-refractivity contribution is 8.00. The number of amides is 2. The molecule has 1 fully saturated rings. The summed E-state index contributed by atoms with van der Waals surface area (Å²) >= 11 is 1.22. The number of carbonyl (C=O) groups is 3. The Labute approximate surface area is 106 Å². The Kier molecular flexibility index (Phi) is 3.24. The van der Waals surface area contributed by atoms with Gasteiger partial charge in [0.15, 0.2) is 0 Å². The van der Waals surface area contributed by atoms with Crippen LogP contribution in [0.2, 0.25) is 0 Å². The van der Waals surface area contributed by atoms with Crippen LogP contribution in [0.3, 0.4) is 0 Å². The van der Waals surface area contributed by atoms with E-state index in [4.69, 9.17) is 5.11 Å². The molecule has 0 aliphatic carbocycles. The van der Waals surface area contributed by atoms with E-state index in [1.165, 1.54) is 17.8 Å². The highest BCUT2D eigenvalue weighted by atomic mass is 32.2. The molecule has 0 bridgehead atoms. The Balaban J connectivity index is 2.39. The number of hydrogen-bond acceptors (Lipinski definition) is 5. The molecular formula is C11H9NO5S. The number of benzene rings is 1. The van der Waals surface area contributed by atoms with E-state index in [1.807, 2.05) is 0 Å². The number of nitrogens with zero attached hydrogens (tertiary/aromatic N) is 1. The Hall–Kier alpha value is -2.02. The van der Waals surface area contributed by atoms with Crippen molar-refractivity contribution in [3.63, 3.8) is 0 Å². The minimum Gasteiger partial charge on any atom is -0.507 e. The number of phenols is 1. The highest BCUT2D eigenvalue weighted by Crippen LogP contribution is 2.27. The molecule has 1 saturated heterocycles. The maximum Gasteiger partial charge on any atom is 0.339 e. The molecular weight excluding hydrogens is 258 g/mol. The fourth-order valence-corrected chi connectivity index (χ4v) is 2.33. The number of imide groups is 1. The number of aromatic carboxylic acids is 1. The molecule has 0 aromatic heterocycles. The molecule has 2 amide bonds. The minimum absolute atomic E-state index is 0.188. The van der Waals surface area contributed by atoms with Gasteiger partial charge in [0, 0.05) is 6.07 Å². The van der Waals surface area contributed by atoms with Gasteiger partial charge in [0.2, 0.25) is 11.8 Å². The van der Waals surface area contributed by atoms with Crippen LogP contribution in [0.1, 0.15) is 10.4 Å². The van der Waals surface area contributed by atoms with Crippen LogP contribution in [0.4, 0.5) is 5.69 Å². The zero-order chi connectivity index (χ0) is 13.3. The van der Waals surface area contributed by atoms with Crippen LogP contribution in [0, 0.1) is 0 Å². The average molecular weight is 267 g/mol. The summed E-state index contributed by atoms with van der Waals surface area (Å²) in [5, 5.41) is 18.3. The van der Waals surface area contributed by atoms with Crippen LogP contribution in [-0.4, -0.2) is 39.5 Å². The van der Waals surface area contributed by atoms with E-state index in [9.17, 15) is 19.5 Å². The third-order valence-corrected chi connectivity index (χ3v) is 3.32. The summed E-state index contributed by atoms with van der Waals surface area (Å²) in [5.41, 5.74) is -0.0853. The molecule has 1 aliphatic rings. The molecule has 2 rings (SSSR count). The highest BCUT2D eigenvalue weighted by Gasteiger charge is 2.28. The minimum atomic E-state index is -1.27. The second-order valence-corrected chi connectivity index (χ2v) is 4.61. The van der Waals surface area contributed by atoms with E-state index in [0.29, 0.717) is 0 Å². The van der Waals surface area contributed by atoms with Gasteiger partial charge in [0.05, 0.1) is 17.2 Å². The molecule has 0 radical (unpaired) electrons. The van der Waals surface area contributed by atoms with Gasteiger partial charge in [-0.3, -0.25) is 9.59 Å². The lowest BCUT2D eigenvalue weighted by Crippen LogP contribution is -2.43. The Morgan fingerprint density at radius 2 is 1.83 bits per heavy atom. The summed E-state index contributed by atoms with van der Waals surface area (Å²) < 4.78 is 0. The first-order chi connectivity index (χ1) is 8.50. The molecule has 1 aromatic carbocycles. The van der Waals surface area contributed by atoms with Crippen LogP contribution in [0.25, 0.3) is 0 Å². The van der Waals surface area contributed by atoms with Crippen molar-refractivity contribution in [2.24, 2.45) is 0 Å². The van der Waals surface area contributed by atoms with Crippen molar-refractivity contribution in [2.45, 2.75) is 0 Å². The number of carbonyl (C=O) groups excluding carboxylic acids is 2. The van der Waals surface area contributed by atoms with Crippen LogP contribution in [0.15, 0.2) is 18.2 Å². The van der Waals surface area contributed by atoms with Crippen molar-refractivity contribution < 1.29 is 24.6 Å². The monoisotopic (exact) mass is 267 g/mol. The molecule has 1 aromatic rings. The lowest BCUT2D eigenvalue weighted by atomic mass is 10.1. The van der Waals surface area contributed by atoms with Crippen molar-refractivity contribution in [3.8, 4) is 5.75 Å². The summed E-state index contributed by atoms with van der Waals surface area (Å²) in [6, 6.07) is 3.60. The number of thioether (sulfide) groups is 1. The van der Waals surface area contributed by atoms with Crippen molar-refractivity contribution >= 4 is 35.2 Å². The van der Waals surface area contributed by atoms with Gasteiger partial charge < -0.3 is 10.2 Å². The lowest BCUT2D eigenvalue weighted by molar-refractivity contribution is -0.124. The van der Waals surface area contributed by atoms with Crippen molar-refractivity contribution in [1.82, 2.24) is 0 Å². The first kappa shape index (κ1) is 12.4. The molecule has 2 N–H and O–H groups in total. The maximum absolute atomic E-state index is 11.6. The van der Waals surface area contributed by atoms with Crippen LogP contribution in [-0.2, 0) is 9.59 Å². The van der Waals surface area contributed by atoms with E-state index in [2.05, 4.69) is 0 Å². The molecule has 1 heterocycles. The van der Waals surface area contributed by atoms with E-state index in [-0.39, 0.29) is 34.6 Å². The Bertz CT molecular complexity index is 526. The normalized spacial score (nSPS) is 15.9. The number of rotatable bonds is 2. The summed E-state index contributed by atoms with van der Waals surface area (Å²) in [7, 11) is 0. The van der Waals surface area contributed by atoms with Crippen molar-refractivity contribution in [1.29, 1.82) is 0 Å². The number of hydrogen-bond donors (Lipinski definition) is 2. The standard InChI is InChI=1S/C11H9NO5S/c13-8-3-6(1-2-7(8)11(16)17)12-9(14)4-18-5-10(12)15/h1-3,13H,4-5H2,(H,16,17). The van der Waals surface area contributed by atoms with Crippen LogP contribution < -0.4 is 4.90 Å². The van der Waals surface area contributed by atoms with E-state index in [1.54, 1.807) is 0 Å². The molecule has 94 valence electrons. The summed E-state index contributed by atoms with van der Waals surface area (Å²) in [5.74, 6) is -2.12. The number of carboxylic acids is 1. The predicted octanol–water partition coefficient (Wildman–Crippen LogP) is 0.697. The zero-order valence-corrected chi connectivity index (χ0v) is 9.94. The zero-order valence-electron chi connectivity index (χ0n) is 9.12. The van der Waals surface area contributed by atoms with Crippen molar-refractivity contribution in [3.05, 3.63) is 23.8 Å². The average Bonchev–Trinajstić information content (AvgIpc) is 2.28. The topological polar surface area (TPSA) is 94.9 Å². The summed E-state index contributed by atoms with van der Waals surface area (Å²) in [4.78, 5) is 34.9. The van der Waals surface area contributed by atoms with E-state index in [0.717, 1.165) is 17.0 Å². The number of aromatic hydroxyl groups is 1. The largest absolute Gasteiger partial charge is 0.507 e. The van der Waals surface area contributed by atoms with Crippen LogP contribution >= 0.6 is 11.8 Å². The van der Waals surface area contributed by atoms with Gasteiger partial charge in [0.1, 0.15) is 11.3 Å². The summed E-state index contributed by atoms with van der Waals surface area (Å²) in [6.45, 7) is 0. The third-order valence-electron chi connectivity index (χ3n) is 2.42. The third kappa shape index (κ3) is 2.17. The first-order valence-electron chi connectivity index (χ1n) is 5.00. The Morgan fingerprint density at radius 3 is 2.33 bits per heavy atom. The molecule has 18 heavy (non-hydrogen) atoms. The molecule has 0 saturated carbocycles. The lowest BCUT2D eigenvalue weighted by Gasteiger charge is -2.24. The van der Waals surface area contributed by atoms with Gasteiger partial charge in [-0.15, -0.1) is 11.8 Å². The van der Waals surface area contributed by atoms with Gasteiger partial charge in [-0.1, -0.05) is 0 Å². The Morgan fingerprint density at radius 1 is 1.22 bits per heavy atom. The summed E-state index contributed by atoms with van der Waals surface area (Å²) in [6.07, 6.45) is 0. The van der Waals surface area contributed by atoms with E-state index >= 15 is 0 Å². The molecule has 7 heteroatoms. The fourth-order valence-electron chi connectivity index (χ4n) is 1.62. The van der Waals surface area contributed by atoms with Crippen molar-refractivity contribution in [2.75, 3.05) is 16.4 Å². The fraction of sp³-hybridized carbons (Fsp3) is 0.182. The second kappa shape index (κ2) is 4.69. The second-order valence-electron chi connectivity index (χ2n) is 3.62.